The molecule has 0 aliphatic carbocycles. The van der Waals surface area contributed by atoms with Crippen molar-refractivity contribution in [1.82, 2.24) is 5.32 Å². The Balaban J connectivity index is 2.40. The van der Waals surface area contributed by atoms with E-state index in [9.17, 15) is 9.59 Å². The Hall–Kier alpha value is -2.14. The van der Waals surface area contributed by atoms with Crippen molar-refractivity contribution in [3.05, 3.63) is 41.5 Å². The van der Waals surface area contributed by atoms with Crippen molar-refractivity contribution in [2.45, 2.75) is 19.4 Å². The predicted molar refractivity (Wildman–Crippen MR) is 71.5 cm³/mol. The fourth-order valence-corrected chi connectivity index (χ4v) is 1.45. The zero-order valence-corrected chi connectivity index (χ0v) is 10.7. The predicted octanol–water partition coefficient (Wildman–Crippen LogP) is 0.960. The number of aliphatic carboxylic acids is 1. The van der Waals surface area contributed by atoms with Gasteiger partial charge >= 0.3 is 5.97 Å². The number of nitrogens with one attached hydrogen (secondary N) is 1. The molecule has 1 aromatic carbocycles. The van der Waals surface area contributed by atoms with Gasteiger partial charge in [0.15, 0.2) is 6.10 Å². The van der Waals surface area contributed by atoms with Gasteiger partial charge in [-0.25, -0.2) is 4.79 Å². The van der Waals surface area contributed by atoms with E-state index < -0.39 is 12.1 Å². The summed E-state index contributed by atoms with van der Waals surface area (Å²) < 4.78 is 0. The Morgan fingerprint density at radius 2 is 2.05 bits per heavy atom. The molecule has 0 saturated heterocycles. The standard InChI is InChI=1S/C14H17NO4/c1-10-4-2-3-5-11(10)6-7-13(17)15-9-8-12(16)14(18)19/h2-7,12,16H,8-9H2,1H3,(H,15,17)(H,18,19)/b7-6+. The van der Waals surface area contributed by atoms with Crippen LogP contribution in [0.15, 0.2) is 30.3 Å². The molecular weight excluding hydrogens is 246 g/mol. The molecule has 0 fully saturated rings. The van der Waals surface area contributed by atoms with E-state index in [1.165, 1.54) is 6.08 Å². The number of amides is 1. The van der Waals surface area contributed by atoms with Gasteiger partial charge in [-0.3, -0.25) is 4.79 Å². The van der Waals surface area contributed by atoms with E-state index in [1.807, 2.05) is 31.2 Å². The largest absolute Gasteiger partial charge is 0.479 e. The molecule has 1 aromatic rings. The smallest absolute Gasteiger partial charge is 0.332 e. The number of carboxylic acid groups (broad SMARTS) is 1. The van der Waals surface area contributed by atoms with Gasteiger partial charge in [0.1, 0.15) is 0 Å². The fourth-order valence-electron chi connectivity index (χ4n) is 1.45. The van der Waals surface area contributed by atoms with Gasteiger partial charge < -0.3 is 15.5 Å². The summed E-state index contributed by atoms with van der Waals surface area (Å²) in [7, 11) is 0. The Morgan fingerprint density at radius 1 is 1.37 bits per heavy atom. The molecule has 5 nitrogen and oxygen atoms in total. The van der Waals surface area contributed by atoms with Crippen LogP contribution in [0.4, 0.5) is 0 Å². The van der Waals surface area contributed by atoms with Crippen molar-refractivity contribution in [3.8, 4) is 0 Å². The Labute approximate surface area is 111 Å². The van der Waals surface area contributed by atoms with Crippen LogP contribution in [0.5, 0.6) is 0 Å². The number of hydrogen-bond donors (Lipinski definition) is 3. The number of aryl methyl sites for hydroxylation is 1. The van der Waals surface area contributed by atoms with Crippen LogP contribution < -0.4 is 5.32 Å². The van der Waals surface area contributed by atoms with E-state index in [2.05, 4.69) is 5.32 Å². The SMILES string of the molecule is Cc1ccccc1/C=C/C(=O)NCCC(O)C(=O)O. The van der Waals surface area contributed by atoms with Crippen molar-refractivity contribution in [2.24, 2.45) is 0 Å². The minimum absolute atomic E-state index is 0.0146. The molecule has 1 unspecified atom stereocenters. The topological polar surface area (TPSA) is 86.6 Å². The summed E-state index contributed by atoms with van der Waals surface area (Å²) in [6.07, 6.45) is 1.62. The lowest BCUT2D eigenvalue weighted by Crippen LogP contribution is -2.28. The molecule has 19 heavy (non-hydrogen) atoms. The maximum atomic E-state index is 11.5. The van der Waals surface area contributed by atoms with E-state index in [0.717, 1.165) is 11.1 Å². The quantitative estimate of drug-likeness (QED) is 0.667. The zero-order chi connectivity index (χ0) is 14.3. The lowest BCUT2D eigenvalue weighted by atomic mass is 10.1. The number of aliphatic hydroxyl groups excluding tert-OH is 1. The van der Waals surface area contributed by atoms with Crippen LogP contribution in [0.2, 0.25) is 0 Å². The molecule has 0 bridgehead atoms. The highest BCUT2D eigenvalue weighted by atomic mass is 16.4. The molecule has 0 heterocycles. The highest BCUT2D eigenvalue weighted by Crippen LogP contribution is 2.08. The average Bonchev–Trinajstić information content (AvgIpc) is 2.37. The van der Waals surface area contributed by atoms with E-state index in [0.29, 0.717) is 0 Å². The number of carboxylic acids is 1. The molecule has 0 aliphatic heterocycles. The van der Waals surface area contributed by atoms with Crippen LogP contribution in [0.1, 0.15) is 17.5 Å². The van der Waals surface area contributed by atoms with E-state index in [1.54, 1.807) is 6.08 Å². The highest BCUT2D eigenvalue weighted by molar-refractivity contribution is 5.91. The van der Waals surface area contributed by atoms with Gasteiger partial charge in [0.05, 0.1) is 0 Å². The van der Waals surface area contributed by atoms with Gasteiger partial charge in [0.25, 0.3) is 0 Å². The molecule has 0 radical (unpaired) electrons. The average molecular weight is 263 g/mol. The molecule has 0 aliphatic rings. The van der Waals surface area contributed by atoms with Crippen LogP contribution in [0.3, 0.4) is 0 Å². The van der Waals surface area contributed by atoms with Crippen molar-refractivity contribution in [2.75, 3.05) is 6.54 Å². The van der Waals surface area contributed by atoms with Gasteiger partial charge in [-0.05, 0) is 24.1 Å². The number of hydrogen-bond acceptors (Lipinski definition) is 3. The summed E-state index contributed by atoms with van der Waals surface area (Å²) in [5, 5.41) is 20.0. The Kier molecular flexibility index (Phi) is 5.75. The maximum absolute atomic E-state index is 11.5. The molecular formula is C14H17NO4. The summed E-state index contributed by atoms with van der Waals surface area (Å²) in [6.45, 7) is 2.06. The van der Waals surface area contributed by atoms with Crippen LogP contribution in [0, 0.1) is 6.92 Å². The van der Waals surface area contributed by atoms with E-state index >= 15 is 0 Å². The summed E-state index contributed by atoms with van der Waals surface area (Å²) in [5.74, 6) is -1.61. The van der Waals surface area contributed by atoms with Crippen molar-refractivity contribution in [1.29, 1.82) is 0 Å². The maximum Gasteiger partial charge on any atom is 0.332 e. The van der Waals surface area contributed by atoms with Crippen LogP contribution >= 0.6 is 0 Å². The molecule has 0 spiro atoms. The number of benzene rings is 1. The number of rotatable bonds is 6. The fraction of sp³-hybridized carbons (Fsp3) is 0.286. The number of aliphatic hydroxyl groups is 1. The number of carbonyl (C=O) groups excluding carboxylic acids is 1. The second kappa shape index (κ2) is 7.33. The molecule has 102 valence electrons. The summed E-state index contributed by atoms with van der Waals surface area (Å²) >= 11 is 0. The first-order chi connectivity index (χ1) is 9.00. The molecule has 0 aromatic heterocycles. The third kappa shape index (κ3) is 5.35. The number of carbonyl (C=O) groups is 2. The second-order valence-corrected chi connectivity index (χ2v) is 4.12. The van der Waals surface area contributed by atoms with Gasteiger partial charge in [-0.2, -0.15) is 0 Å². The second-order valence-electron chi connectivity index (χ2n) is 4.12. The first kappa shape index (κ1) is 14.9. The minimum atomic E-state index is -1.44. The molecule has 1 atom stereocenters. The summed E-state index contributed by atoms with van der Waals surface area (Å²) in [4.78, 5) is 21.8. The third-order valence-electron chi connectivity index (χ3n) is 2.60. The van der Waals surface area contributed by atoms with E-state index in [-0.39, 0.29) is 18.9 Å². The van der Waals surface area contributed by atoms with Gasteiger partial charge in [0, 0.05) is 19.0 Å². The minimum Gasteiger partial charge on any atom is -0.479 e. The van der Waals surface area contributed by atoms with Crippen molar-refractivity contribution >= 4 is 18.0 Å². The normalized spacial score (nSPS) is 12.3. The summed E-state index contributed by atoms with van der Waals surface area (Å²) in [5.41, 5.74) is 2.01. The first-order valence-corrected chi connectivity index (χ1v) is 5.93. The van der Waals surface area contributed by atoms with E-state index in [4.69, 9.17) is 10.2 Å². The molecule has 5 heteroatoms. The molecule has 0 saturated carbocycles. The first-order valence-electron chi connectivity index (χ1n) is 5.93. The molecule has 1 rings (SSSR count). The van der Waals surface area contributed by atoms with Crippen LogP contribution in [0.25, 0.3) is 6.08 Å². The zero-order valence-electron chi connectivity index (χ0n) is 10.7. The van der Waals surface area contributed by atoms with Crippen LogP contribution in [-0.2, 0) is 9.59 Å². The third-order valence-corrected chi connectivity index (χ3v) is 2.60. The Morgan fingerprint density at radius 3 is 2.68 bits per heavy atom. The lowest BCUT2D eigenvalue weighted by Gasteiger charge is -2.05. The lowest BCUT2D eigenvalue weighted by molar-refractivity contribution is -0.147. The summed E-state index contributed by atoms with van der Waals surface area (Å²) in [6, 6.07) is 7.64. The highest BCUT2D eigenvalue weighted by Gasteiger charge is 2.12. The van der Waals surface area contributed by atoms with Gasteiger partial charge in [0.2, 0.25) is 5.91 Å². The monoisotopic (exact) mass is 263 g/mol. The van der Waals surface area contributed by atoms with Crippen molar-refractivity contribution < 1.29 is 19.8 Å². The van der Waals surface area contributed by atoms with Gasteiger partial charge in [-0.15, -0.1) is 0 Å². The Bertz CT molecular complexity index is 482. The molecule has 1 amide bonds. The molecule has 3 N–H and O–H groups in total. The van der Waals surface area contributed by atoms with Crippen LogP contribution in [-0.4, -0.2) is 34.7 Å². The van der Waals surface area contributed by atoms with Gasteiger partial charge in [-0.1, -0.05) is 24.3 Å². The van der Waals surface area contributed by atoms with Crippen molar-refractivity contribution in [3.63, 3.8) is 0 Å².